The number of nitrogens with zero attached hydrogens (tertiary/aromatic N) is 1. The smallest absolute Gasteiger partial charge is 0.323 e. The normalized spacial score (nSPS) is 22.8. The number of hydrogen-bond donors (Lipinski definition) is 5. The first-order valence-corrected chi connectivity index (χ1v) is 7.48. The highest BCUT2D eigenvalue weighted by Gasteiger charge is 2.41. The molecule has 22 heavy (non-hydrogen) atoms. The summed E-state index contributed by atoms with van der Waals surface area (Å²) < 4.78 is 0. The number of carbonyl (C=O) groups excluding carboxylic acids is 1. The van der Waals surface area contributed by atoms with Gasteiger partial charge in [-0.25, -0.2) is 0 Å². The van der Waals surface area contributed by atoms with E-state index in [1.165, 1.54) is 4.90 Å². The van der Waals surface area contributed by atoms with Crippen molar-refractivity contribution in [1.82, 2.24) is 10.2 Å². The molecule has 2 rings (SSSR count). The summed E-state index contributed by atoms with van der Waals surface area (Å²) >= 11 is 4.11. The third-order valence-corrected chi connectivity index (χ3v) is 4.01. The van der Waals surface area contributed by atoms with Gasteiger partial charge in [0, 0.05) is 11.8 Å². The first-order chi connectivity index (χ1) is 10.4. The van der Waals surface area contributed by atoms with Crippen LogP contribution in [0.5, 0.6) is 5.75 Å². The SMILES string of the molecule is N[C@@H](CS)C1NC(Cc2ccc(O)cc2)C(=O)N1CC(=O)O. The van der Waals surface area contributed by atoms with Gasteiger partial charge in [-0.1, -0.05) is 12.1 Å². The first-order valence-electron chi connectivity index (χ1n) is 6.85. The van der Waals surface area contributed by atoms with Gasteiger partial charge in [-0.3, -0.25) is 14.9 Å². The standard InChI is InChI=1S/C14H19N3O4S/c15-10(7-22)13-16-11(14(21)17(13)6-12(19)20)5-8-1-3-9(18)4-2-8/h1-4,10-11,13,16,18,22H,5-7,15H2,(H,19,20)/t10-,11?,13?/m0/s1. The van der Waals surface area contributed by atoms with Crippen LogP contribution in [0.2, 0.25) is 0 Å². The Bertz CT molecular complexity index is 552. The van der Waals surface area contributed by atoms with Gasteiger partial charge < -0.3 is 20.8 Å². The van der Waals surface area contributed by atoms with Crippen molar-refractivity contribution < 1.29 is 19.8 Å². The van der Waals surface area contributed by atoms with Gasteiger partial charge in [0.1, 0.15) is 12.3 Å². The molecule has 5 N–H and O–H groups in total. The van der Waals surface area contributed by atoms with Crippen LogP contribution in [-0.2, 0) is 16.0 Å². The predicted molar refractivity (Wildman–Crippen MR) is 83.7 cm³/mol. The molecule has 2 unspecified atom stereocenters. The number of carbonyl (C=O) groups is 2. The maximum atomic E-state index is 12.4. The van der Waals surface area contributed by atoms with Gasteiger partial charge in [-0.2, -0.15) is 12.6 Å². The molecule has 1 fully saturated rings. The summed E-state index contributed by atoms with van der Waals surface area (Å²) in [4.78, 5) is 24.6. The highest BCUT2D eigenvalue weighted by Crippen LogP contribution is 2.18. The number of rotatable bonds is 6. The van der Waals surface area contributed by atoms with Gasteiger partial charge in [-0.15, -0.1) is 0 Å². The van der Waals surface area contributed by atoms with Gasteiger partial charge in [0.25, 0.3) is 0 Å². The molecule has 7 nitrogen and oxygen atoms in total. The van der Waals surface area contributed by atoms with Gasteiger partial charge in [-0.05, 0) is 24.1 Å². The average molecular weight is 325 g/mol. The Hall–Kier alpha value is -1.77. The zero-order chi connectivity index (χ0) is 16.3. The van der Waals surface area contributed by atoms with E-state index in [4.69, 9.17) is 10.8 Å². The fourth-order valence-corrected chi connectivity index (χ4v) is 2.69. The predicted octanol–water partition coefficient (Wildman–Crippen LogP) is -0.597. The lowest BCUT2D eigenvalue weighted by Crippen LogP contribution is -2.53. The lowest BCUT2D eigenvalue weighted by Gasteiger charge is -2.26. The number of hydrogen-bond acceptors (Lipinski definition) is 6. The molecule has 1 amide bonds. The molecule has 8 heteroatoms. The van der Waals surface area contributed by atoms with E-state index >= 15 is 0 Å². The Balaban J connectivity index is 2.14. The molecule has 0 spiro atoms. The Morgan fingerprint density at radius 1 is 1.41 bits per heavy atom. The highest BCUT2D eigenvalue weighted by atomic mass is 32.1. The van der Waals surface area contributed by atoms with E-state index in [2.05, 4.69) is 17.9 Å². The average Bonchev–Trinajstić information content (AvgIpc) is 2.77. The monoisotopic (exact) mass is 325 g/mol. The van der Waals surface area contributed by atoms with Crippen LogP contribution in [0.25, 0.3) is 0 Å². The van der Waals surface area contributed by atoms with Crippen molar-refractivity contribution in [1.29, 1.82) is 0 Å². The Kier molecular flexibility index (Phi) is 5.28. The molecule has 120 valence electrons. The molecule has 1 saturated heterocycles. The molecule has 1 aliphatic heterocycles. The molecule has 1 aromatic rings. The van der Waals surface area contributed by atoms with Crippen molar-refractivity contribution in [3.63, 3.8) is 0 Å². The minimum absolute atomic E-state index is 0.150. The maximum Gasteiger partial charge on any atom is 0.323 e. The molecule has 1 heterocycles. The zero-order valence-corrected chi connectivity index (χ0v) is 12.7. The number of aliphatic carboxylic acids is 1. The van der Waals surface area contributed by atoms with E-state index in [1.54, 1.807) is 24.3 Å². The zero-order valence-electron chi connectivity index (χ0n) is 11.8. The number of carboxylic acids is 1. The summed E-state index contributed by atoms with van der Waals surface area (Å²) in [5.41, 5.74) is 6.78. The number of benzene rings is 1. The number of aromatic hydroxyl groups is 1. The molecule has 0 aromatic heterocycles. The fraction of sp³-hybridized carbons (Fsp3) is 0.429. The lowest BCUT2D eigenvalue weighted by molar-refractivity contribution is -0.144. The van der Waals surface area contributed by atoms with Gasteiger partial charge in [0.15, 0.2) is 0 Å². The van der Waals surface area contributed by atoms with Gasteiger partial charge in [0.2, 0.25) is 5.91 Å². The molecule has 0 aliphatic carbocycles. The van der Waals surface area contributed by atoms with Crippen molar-refractivity contribution in [3.8, 4) is 5.75 Å². The largest absolute Gasteiger partial charge is 0.508 e. The molecule has 3 atom stereocenters. The van der Waals surface area contributed by atoms with E-state index in [9.17, 15) is 14.7 Å². The van der Waals surface area contributed by atoms with Crippen LogP contribution in [0.15, 0.2) is 24.3 Å². The van der Waals surface area contributed by atoms with Crippen molar-refractivity contribution in [2.24, 2.45) is 5.73 Å². The highest BCUT2D eigenvalue weighted by molar-refractivity contribution is 7.80. The molecule has 0 bridgehead atoms. The number of nitrogens with one attached hydrogen (secondary N) is 1. The first kappa shape index (κ1) is 16.6. The number of thiol groups is 1. The van der Waals surface area contributed by atoms with Gasteiger partial charge in [0.05, 0.1) is 12.2 Å². The van der Waals surface area contributed by atoms with Crippen molar-refractivity contribution >= 4 is 24.5 Å². The second kappa shape index (κ2) is 6.99. The van der Waals surface area contributed by atoms with Crippen LogP contribution in [0, 0.1) is 0 Å². The van der Waals surface area contributed by atoms with E-state index in [1.807, 2.05) is 0 Å². The van der Waals surface area contributed by atoms with Crippen LogP contribution in [-0.4, -0.2) is 57.5 Å². The quantitative estimate of drug-likeness (QED) is 0.446. The minimum Gasteiger partial charge on any atom is -0.508 e. The number of amides is 1. The summed E-state index contributed by atoms with van der Waals surface area (Å²) in [5.74, 6) is -0.904. The molecular formula is C14H19N3O4S. The van der Waals surface area contributed by atoms with Gasteiger partial charge >= 0.3 is 5.97 Å². The van der Waals surface area contributed by atoms with Crippen LogP contribution in [0.1, 0.15) is 5.56 Å². The molecule has 1 aliphatic rings. The molecule has 0 saturated carbocycles. The summed E-state index contributed by atoms with van der Waals surface area (Å²) in [6.45, 7) is -0.399. The second-order valence-electron chi connectivity index (χ2n) is 5.24. The Morgan fingerprint density at radius 2 is 2.05 bits per heavy atom. The molecular weight excluding hydrogens is 306 g/mol. The minimum atomic E-state index is -1.09. The summed E-state index contributed by atoms with van der Waals surface area (Å²) in [5, 5.41) is 21.3. The van der Waals surface area contributed by atoms with E-state index in [0.29, 0.717) is 12.2 Å². The maximum absolute atomic E-state index is 12.4. The third kappa shape index (κ3) is 3.70. The third-order valence-electron chi connectivity index (χ3n) is 3.59. The molecule has 1 aromatic carbocycles. The second-order valence-corrected chi connectivity index (χ2v) is 5.61. The summed E-state index contributed by atoms with van der Waals surface area (Å²) in [7, 11) is 0. The molecule has 0 radical (unpaired) electrons. The van der Waals surface area contributed by atoms with Crippen molar-refractivity contribution in [2.75, 3.05) is 12.3 Å². The van der Waals surface area contributed by atoms with E-state index < -0.39 is 30.8 Å². The van der Waals surface area contributed by atoms with Crippen LogP contribution < -0.4 is 11.1 Å². The number of carboxylic acid groups (broad SMARTS) is 1. The lowest BCUT2D eigenvalue weighted by atomic mass is 10.1. The summed E-state index contributed by atoms with van der Waals surface area (Å²) in [6.07, 6.45) is -0.159. The van der Waals surface area contributed by atoms with Crippen LogP contribution in [0.4, 0.5) is 0 Å². The number of phenolic OH excluding ortho intramolecular Hbond substituents is 1. The van der Waals surface area contributed by atoms with Crippen molar-refractivity contribution in [2.45, 2.75) is 24.7 Å². The topological polar surface area (TPSA) is 116 Å². The van der Waals surface area contributed by atoms with E-state index in [0.717, 1.165) is 5.56 Å². The van der Waals surface area contributed by atoms with Crippen molar-refractivity contribution in [3.05, 3.63) is 29.8 Å². The van der Waals surface area contributed by atoms with E-state index in [-0.39, 0.29) is 11.7 Å². The van der Waals surface area contributed by atoms with Crippen LogP contribution in [0.3, 0.4) is 0 Å². The Morgan fingerprint density at radius 3 is 2.59 bits per heavy atom. The van der Waals surface area contributed by atoms with Crippen LogP contribution >= 0.6 is 12.6 Å². The Labute approximate surface area is 133 Å². The number of nitrogens with two attached hydrogens (primary N) is 1. The number of phenols is 1. The summed E-state index contributed by atoms with van der Waals surface area (Å²) in [6, 6.07) is 5.52. The fourth-order valence-electron chi connectivity index (χ4n) is 2.50.